The highest BCUT2D eigenvalue weighted by Crippen LogP contribution is 2.40. The van der Waals surface area contributed by atoms with Crippen LogP contribution in [0, 0.1) is 11.6 Å². The van der Waals surface area contributed by atoms with E-state index >= 15 is 0 Å². The van der Waals surface area contributed by atoms with Gasteiger partial charge in [0, 0.05) is 56.3 Å². The van der Waals surface area contributed by atoms with Crippen LogP contribution in [0.3, 0.4) is 0 Å². The SMILES string of the molecule is C.Cn1cc2c(c1C(=O)Nc1ccc(F)c(Cl)c1)CCC2N.Cn1cc2c(c1C(=O)Nc1ccc(F)c(Cl)c1)CCC2NC(=O)OCc1nn[nH]n1.O=C(OCc1nnn(C(c2ccccc2)(c2ccccc2)c2ccccc2)n1)n1ccnc1. The van der Waals surface area contributed by atoms with Crippen molar-refractivity contribution in [1.29, 1.82) is 0 Å². The molecule has 85 heavy (non-hydrogen) atoms. The number of rotatable bonds is 13. The van der Waals surface area contributed by atoms with Crippen molar-refractivity contribution in [1.82, 2.24) is 64.8 Å². The highest BCUT2D eigenvalue weighted by Gasteiger charge is 2.41. The number of alkyl carbamates (subject to hydrolysis) is 1. The van der Waals surface area contributed by atoms with Gasteiger partial charge in [0.1, 0.15) is 29.3 Å². The molecule has 3 amide bonds. The van der Waals surface area contributed by atoms with Crippen LogP contribution in [0.15, 0.2) is 159 Å². The van der Waals surface area contributed by atoms with Gasteiger partial charge in [-0.2, -0.15) is 5.21 Å². The zero-order chi connectivity index (χ0) is 58.9. The first kappa shape index (κ1) is 59.7. The number of nitrogens with one attached hydrogen (secondary N) is 4. The molecule has 22 nitrogen and oxygen atoms in total. The number of imidazole rings is 1. The number of amides is 3. The van der Waals surface area contributed by atoms with E-state index in [1.807, 2.05) is 104 Å². The van der Waals surface area contributed by atoms with Gasteiger partial charge in [0.25, 0.3) is 11.8 Å². The Morgan fingerprint density at radius 3 is 1.75 bits per heavy atom. The fourth-order valence-corrected chi connectivity index (χ4v) is 10.5. The number of aromatic nitrogens is 12. The smallest absolute Gasteiger partial charge is 0.419 e. The number of hydrogen-bond donors (Lipinski definition) is 5. The number of hydrogen-bond acceptors (Lipinski definition) is 14. The number of aromatic amines is 1. The Bertz CT molecular complexity index is 3840. The van der Waals surface area contributed by atoms with E-state index in [-0.39, 0.29) is 66.2 Å². The Balaban J connectivity index is 0.000000155. The van der Waals surface area contributed by atoms with Gasteiger partial charge in [-0.3, -0.25) is 9.59 Å². The van der Waals surface area contributed by atoms with Crippen LogP contribution in [-0.4, -0.2) is 83.5 Å². The molecular formula is C59H56Cl2F2N16O6. The number of anilines is 2. The summed E-state index contributed by atoms with van der Waals surface area (Å²) in [5, 5.41) is 34.5. The highest BCUT2D eigenvalue weighted by molar-refractivity contribution is 6.31. The molecular weight excluding hydrogens is 1140 g/mol. The number of H-pyrrole nitrogens is 1. The summed E-state index contributed by atoms with van der Waals surface area (Å²) < 4.78 is 41.6. The fourth-order valence-electron chi connectivity index (χ4n) is 10.2. The minimum atomic E-state index is -0.872. The maximum absolute atomic E-state index is 13.3. The first-order chi connectivity index (χ1) is 40.7. The quantitative estimate of drug-likeness (QED) is 0.0672. The number of tetrazole rings is 2. The molecule has 0 saturated carbocycles. The predicted molar refractivity (Wildman–Crippen MR) is 310 cm³/mol. The van der Waals surface area contributed by atoms with Gasteiger partial charge in [0.2, 0.25) is 11.6 Å². The molecule has 2 aliphatic rings. The molecule has 10 aromatic rings. The summed E-state index contributed by atoms with van der Waals surface area (Å²) in [6.07, 6.45) is 9.80. The van der Waals surface area contributed by atoms with E-state index < -0.39 is 29.4 Å². The molecule has 0 aliphatic heterocycles. The van der Waals surface area contributed by atoms with E-state index in [9.17, 15) is 28.0 Å². The van der Waals surface area contributed by atoms with Gasteiger partial charge in [0.05, 0.1) is 16.1 Å². The lowest BCUT2D eigenvalue weighted by molar-refractivity contribution is 0.101. The molecule has 6 N–H and O–H groups in total. The maximum Gasteiger partial charge on any atom is 0.419 e. The molecule has 5 heterocycles. The Hall–Kier alpha value is -9.91. The number of fused-ring (bicyclic) bond motifs is 2. The number of halogens is 4. The first-order valence-electron chi connectivity index (χ1n) is 26.1. The van der Waals surface area contributed by atoms with Gasteiger partial charge < -0.3 is 40.3 Å². The molecule has 0 radical (unpaired) electrons. The highest BCUT2D eigenvalue weighted by atomic mass is 35.5. The second-order valence-electron chi connectivity index (χ2n) is 19.3. The molecule has 2 unspecified atom stereocenters. The summed E-state index contributed by atoms with van der Waals surface area (Å²) in [6, 6.07) is 37.9. The zero-order valence-corrected chi connectivity index (χ0v) is 46.4. The molecule has 0 spiro atoms. The van der Waals surface area contributed by atoms with E-state index in [0.717, 1.165) is 51.8 Å². The standard InChI is InChI=1S/C25H20N6O2.C18H17ClFN7O3.C15H15ClFN3O.CH4/c32-24(30-17-16-26-19-30)33-18-23-27-29-31(28-23)25(20-10-4-1-5-11-20,21-12-6-2-7-13-21)22-14-8-3-9-15-22;1-27-7-11-10(16(27)17(28)21-9-2-4-13(20)12(19)6-9)3-5-14(11)22-18(29)30-8-15-23-25-26-24-15;1-20-7-10-9(3-5-13(10)18)14(20)15(21)19-8-2-4-12(17)11(16)6-8;/h1-17,19H,18H2;2,4,6-7,14H,3,5,8H2,1H3,(H,21,28)(H,22,29)(H,23,24,25,26);2,4,6-7,13H,3,5,18H2,1H3,(H,19,21);1H4. The van der Waals surface area contributed by atoms with Crippen molar-refractivity contribution in [3.8, 4) is 0 Å². The van der Waals surface area contributed by atoms with E-state index in [0.29, 0.717) is 35.6 Å². The largest absolute Gasteiger partial charge is 0.441 e. The summed E-state index contributed by atoms with van der Waals surface area (Å²) in [5.41, 5.74) is 13.7. The lowest BCUT2D eigenvalue weighted by atomic mass is 9.77. The number of benzene rings is 5. The van der Waals surface area contributed by atoms with Crippen LogP contribution in [0.25, 0.3) is 0 Å². The van der Waals surface area contributed by atoms with Gasteiger partial charge in [-0.05, 0) is 106 Å². The van der Waals surface area contributed by atoms with Gasteiger partial charge >= 0.3 is 12.2 Å². The third-order valence-electron chi connectivity index (χ3n) is 14.0. The Kier molecular flexibility index (Phi) is 18.7. The summed E-state index contributed by atoms with van der Waals surface area (Å²) in [5.74, 6) is -1.11. The molecule has 5 aromatic heterocycles. The Morgan fingerprint density at radius 1 is 0.706 bits per heavy atom. The summed E-state index contributed by atoms with van der Waals surface area (Å²) in [6.45, 7) is -0.226. The second kappa shape index (κ2) is 26.6. The van der Waals surface area contributed by atoms with Gasteiger partial charge in [-0.1, -0.05) is 127 Å². The van der Waals surface area contributed by atoms with E-state index in [2.05, 4.69) is 57.0 Å². The number of ether oxygens (including phenoxy) is 2. The third-order valence-corrected chi connectivity index (χ3v) is 14.6. The van der Waals surface area contributed by atoms with Crippen molar-refractivity contribution in [2.24, 2.45) is 19.8 Å². The van der Waals surface area contributed by atoms with Crippen LogP contribution in [0.1, 0.15) is 104 Å². The van der Waals surface area contributed by atoms with Gasteiger partial charge in [0.15, 0.2) is 18.8 Å². The molecule has 5 aromatic carbocycles. The molecule has 2 atom stereocenters. The molecule has 0 bridgehead atoms. The van der Waals surface area contributed by atoms with E-state index in [1.54, 1.807) is 27.2 Å². The molecule has 26 heteroatoms. The number of aryl methyl sites for hydroxylation is 2. The summed E-state index contributed by atoms with van der Waals surface area (Å²) in [7, 11) is 3.56. The number of nitrogens with zero attached hydrogens (tertiary/aromatic N) is 11. The van der Waals surface area contributed by atoms with Crippen LogP contribution in [0.2, 0.25) is 10.0 Å². The summed E-state index contributed by atoms with van der Waals surface area (Å²) in [4.78, 5) is 54.9. The molecule has 436 valence electrons. The van der Waals surface area contributed by atoms with Crippen LogP contribution in [-0.2, 0) is 55.2 Å². The lowest BCUT2D eigenvalue weighted by Gasteiger charge is -2.34. The van der Waals surface area contributed by atoms with Crippen molar-refractivity contribution < 1.29 is 37.4 Å². The van der Waals surface area contributed by atoms with Crippen molar-refractivity contribution in [3.63, 3.8) is 0 Å². The van der Waals surface area contributed by atoms with E-state index in [1.165, 1.54) is 59.7 Å². The van der Waals surface area contributed by atoms with Crippen LogP contribution in [0.5, 0.6) is 0 Å². The van der Waals surface area contributed by atoms with Crippen molar-refractivity contribution in [2.45, 2.75) is 63.9 Å². The van der Waals surface area contributed by atoms with Gasteiger partial charge in [-0.15, -0.1) is 25.2 Å². The maximum atomic E-state index is 13.3. The Morgan fingerprint density at radius 2 is 1.24 bits per heavy atom. The zero-order valence-electron chi connectivity index (χ0n) is 44.9. The number of carbonyl (C=O) groups is 4. The fraction of sp³-hybridized carbons (Fsp3) is 0.203. The van der Waals surface area contributed by atoms with Gasteiger partial charge in [-0.25, -0.2) is 27.9 Å². The molecule has 12 rings (SSSR count). The Labute approximate surface area is 495 Å². The second-order valence-corrected chi connectivity index (χ2v) is 20.1. The average Bonchev–Trinajstić information content (AvgIpc) is 2.26. The van der Waals surface area contributed by atoms with Crippen molar-refractivity contribution in [2.75, 3.05) is 10.6 Å². The minimum absolute atomic E-state index is 0. The lowest BCUT2D eigenvalue weighted by Crippen LogP contribution is -2.39. The normalized spacial score (nSPS) is 13.8. The monoisotopic (exact) mass is 1190 g/mol. The van der Waals surface area contributed by atoms with Crippen LogP contribution in [0.4, 0.5) is 29.7 Å². The molecule has 0 saturated heterocycles. The molecule has 2 aliphatic carbocycles. The topological polar surface area (TPSA) is 275 Å². The van der Waals surface area contributed by atoms with E-state index in [4.69, 9.17) is 38.4 Å². The first-order valence-corrected chi connectivity index (χ1v) is 26.8. The molecule has 0 fully saturated rings. The van der Waals surface area contributed by atoms with Crippen molar-refractivity contribution >= 4 is 58.6 Å². The van der Waals surface area contributed by atoms with Crippen molar-refractivity contribution in [3.05, 3.63) is 242 Å². The average molecular weight is 1190 g/mol. The predicted octanol–water partition coefficient (Wildman–Crippen LogP) is 10.0. The number of nitrogens with two attached hydrogens (primary N) is 1. The third kappa shape index (κ3) is 13.2. The minimum Gasteiger partial charge on any atom is -0.441 e. The van der Waals surface area contributed by atoms with Crippen LogP contribution < -0.4 is 21.7 Å². The number of carbonyl (C=O) groups excluding carboxylic acids is 4. The summed E-state index contributed by atoms with van der Waals surface area (Å²) >= 11 is 11.5. The van der Waals surface area contributed by atoms with Crippen LogP contribution >= 0.6 is 23.2 Å².